The molecule has 0 fully saturated rings. The van der Waals surface area contributed by atoms with Crippen molar-refractivity contribution in [1.29, 1.82) is 0 Å². The molecular weight excluding hydrogens is 294 g/mol. The highest BCUT2D eigenvalue weighted by Gasteiger charge is 2.30. The van der Waals surface area contributed by atoms with Crippen molar-refractivity contribution >= 4 is 24.1 Å². The van der Waals surface area contributed by atoms with Crippen LogP contribution in [0.3, 0.4) is 0 Å². The molecule has 0 radical (unpaired) electrons. The summed E-state index contributed by atoms with van der Waals surface area (Å²) in [6, 6.07) is 2.66. The van der Waals surface area contributed by atoms with Crippen LogP contribution in [0.1, 0.15) is 37.5 Å². The number of aliphatic hydroxyl groups is 1. The third-order valence-electron chi connectivity index (χ3n) is 3.53. The molecule has 0 spiro atoms. The molecule has 2 atom stereocenters. The molecule has 2 amide bonds. The second-order valence-electron chi connectivity index (χ2n) is 5.43. The summed E-state index contributed by atoms with van der Waals surface area (Å²) in [6.45, 7) is 4.05. The van der Waals surface area contributed by atoms with Gasteiger partial charge in [0.05, 0.1) is 11.8 Å². The summed E-state index contributed by atoms with van der Waals surface area (Å²) in [7, 11) is 0. The zero-order valence-electron chi connectivity index (χ0n) is 12.1. The van der Waals surface area contributed by atoms with E-state index in [1.54, 1.807) is 6.07 Å². The summed E-state index contributed by atoms with van der Waals surface area (Å²) in [5, 5.41) is 26.0. The molecular formula is C14H22ClN3O3. The van der Waals surface area contributed by atoms with Crippen molar-refractivity contribution in [1.82, 2.24) is 5.32 Å². The minimum absolute atomic E-state index is 0. The Morgan fingerprint density at radius 1 is 1.43 bits per heavy atom. The number of fused-ring (bicyclic) bond motifs is 1. The van der Waals surface area contributed by atoms with Gasteiger partial charge in [-0.15, -0.1) is 12.4 Å². The van der Waals surface area contributed by atoms with Crippen LogP contribution < -0.4 is 16.4 Å². The van der Waals surface area contributed by atoms with Crippen molar-refractivity contribution in [3.63, 3.8) is 0 Å². The first kappa shape index (κ1) is 17.6. The van der Waals surface area contributed by atoms with E-state index in [0.29, 0.717) is 12.1 Å². The van der Waals surface area contributed by atoms with Crippen LogP contribution in [-0.4, -0.2) is 28.3 Å². The minimum Gasteiger partial charge on any atom is -0.506 e. The molecule has 118 valence electrons. The Labute approximate surface area is 130 Å². The van der Waals surface area contributed by atoms with E-state index in [0.717, 1.165) is 17.5 Å². The fourth-order valence-corrected chi connectivity index (χ4v) is 2.74. The number of urea groups is 1. The van der Waals surface area contributed by atoms with Crippen LogP contribution in [0, 0.1) is 0 Å². The van der Waals surface area contributed by atoms with Gasteiger partial charge in [0.2, 0.25) is 0 Å². The van der Waals surface area contributed by atoms with Gasteiger partial charge in [-0.2, -0.15) is 0 Å². The lowest BCUT2D eigenvalue weighted by molar-refractivity contribution is 0.110. The second-order valence-corrected chi connectivity index (χ2v) is 5.43. The Kier molecular flexibility index (Phi) is 5.83. The maximum atomic E-state index is 11.0. The fraction of sp³-hybridized carbons (Fsp3) is 0.500. The van der Waals surface area contributed by atoms with E-state index in [2.05, 4.69) is 10.6 Å². The predicted molar refractivity (Wildman–Crippen MR) is 83.9 cm³/mol. The molecule has 0 heterocycles. The molecule has 2 unspecified atom stereocenters. The number of phenols is 1. The largest absolute Gasteiger partial charge is 0.506 e. The highest BCUT2D eigenvalue weighted by molar-refractivity contribution is 5.91. The van der Waals surface area contributed by atoms with Crippen LogP contribution in [0.2, 0.25) is 0 Å². The third kappa shape index (κ3) is 3.78. The van der Waals surface area contributed by atoms with Gasteiger partial charge in [-0.1, -0.05) is 19.9 Å². The molecule has 0 saturated carbocycles. The number of carbonyl (C=O) groups excluding carboxylic acids is 1. The molecule has 1 aromatic rings. The molecule has 0 saturated heterocycles. The van der Waals surface area contributed by atoms with E-state index in [9.17, 15) is 15.0 Å². The highest BCUT2D eigenvalue weighted by atomic mass is 35.5. The first-order valence-corrected chi connectivity index (χ1v) is 6.75. The average molecular weight is 316 g/mol. The number of hydrogen-bond acceptors (Lipinski definition) is 4. The third-order valence-corrected chi connectivity index (χ3v) is 3.53. The SMILES string of the molecule is CC(C)NC1CCc2c(ccc(O)c2NC(N)=O)C1O.Cl. The topological polar surface area (TPSA) is 108 Å². The van der Waals surface area contributed by atoms with E-state index < -0.39 is 12.1 Å². The predicted octanol–water partition coefficient (Wildman–Crippen LogP) is 1.65. The molecule has 0 bridgehead atoms. The zero-order valence-corrected chi connectivity index (χ0v) is 12.9. The number of rotatable bonds is 3. The standard InChI is InChI=1S/C14H21N3O3.ClH/c1-7(2)16-10-5-3-8-9(13(10)19)4-6-11(18)12(8)17-14(15)20;/h4,6-7,10,13,16,18-19H,3,5H2,1-2H3,(H3,15,17,20);1H. The van der Waals surface area contributed by atoms with E-state index in [1.165, 1.54) is 6.07 Å². The molecule has 0 aliphatic heterocycles. The van der Waals surface area contributed by atoms with Gasteiger partial charge in [0.1, 0.15) is 5.75 Å². The molecule has 0 aromatic heterocycles. The van der Waals surface area contributed by atoms with Crippen LogP contribution in [0.5, 0.6) is 5.75 Å². The van der Waals surface area contributed by atoms with Gasteiger partial charge in [0.15, 0.2) is 0 Å². The lowest BCUT2D eigenvalue weighted by atomic mass is 9.84. The van der Waals surface area contributed by atoms with Crippen molar-refractivity contribution in [2.75, 3.05) is 5.32 Å². The van der Waals surface area contributed by atoms with Crippen LogP contribution in [0.4, 0.5) is 10.5 Å². The maximum absolute atomic E-state index is 11.0. The minimum atomic E-state index is -0.731. The van der Waals surface area contributed by atoms with E-state index in [1.807, 2.05) is 13.8 Å². The van der Waals surface area contributed by atoms with Gasteiger partial charge >= 0.3 is 6.03 Å². The van der Waals surface area contributed by atoms with Crippen LogP contribution in [0.25, 0.3) is 0 Å². The molecule has 1 aliphatic rings. The summed E-state index contributed by atoms with van der Waals surface area (Å²) < 4.78 is 0. The summed E-state index contributed by atoms with van der Waals surface area (Å²) in [4.78, 5) is 11.0. The summed E-state index contributed by atoms with van der Waals surface area (Å²) in [5.74, 6) is -0.0370. The van der Waals surface area contributed by atoms with E-state index in [4.69, 9.17) is 5.73 Å². The van der Waals surface area contributed by atoms with E-state index in [-0.39, 0.29) is 30.2 Å². The maximum Gasteiger partial charge on any atom is 0.316 e. The molecule has 2 rings (SSSR count). The number of nitrogens with one attached hydrogen (secondary N) is 2. The number of benzene rings is 1. The Bertz CT molecular complexity index is 522. The number of anilines is 1. The van der Waals surface area contributed by atoms with Crippen molar-refractivity contribution < 1.29 is 15.0 Å². The zero-order chi connectivity index (χ0) is 14.9. The Morgan fingerprint density at radius 2 is 2.10 bits per heavy atom. The molecule has 1 aliphatic carbocycles. The molecule has 21 heavy (non-hydrogen) atoms. The fourth-order valence-electron chi connectivity index (χ4n) is 2.74. The van der Waals surface area contributed by atoms with E-state index >= 15 is 0 Å². The normalized spacial score (nSPS) is 20.6. The van der Waals surface area contributed by atoms with Gasteiger partial charge < -0.3 is 26.6 Å². The number of phenolic OH excluding ortho intramolecular Hbond substituents is 1. The van der Waals surface area contributed by atoms with Crippen LogP contribution in [-0.2, 0) is 6.42 Å². The summed E-state index contributed by atoms with van der Waals surface area (Å²) in [5.41, 5.74) is 6.89. The highest BCUT2D eigenvalue weighted by Crippen LogP contribution is 2.39. The van der Waals surface area contributed by atoms with Gasteiger partial charge in [-0.3, -0.25) is 0 Å². The molecule has 1 aromatic carbocycles. The molecule has 6 nitrogen and oxygen atoms in total. The average Bonchev–Trinajstić information content (AvgIpc) is 2.35. The van der Waals surface area contributed by atoms with Gasteiger partial charge in [0.25, 0.3) is 0 Å². The lowest BCUT2D eigenvalue weighted by Gasteiger charge is -2.33. The monoisotopic (exact) mass is 315 g/mol. The number of amides is 2. The van der Waals surface area contributed by atoms with Crippen molar-refractivity contribution in [2.24, 2.45) is 5.73 Å². The quantitative estimate of drug-likeness (QED) is 0.547. The van der Waals surface area contributed by atoms with Gasteiger partial charge in [-0.25, -0.2) is 4.79 Å². The number of aromatic hydroxyl groups is 1. The molecule has 6 N–H and O–H groups in total. The van der Waals surface area contributed by atoms with Crippen molar-refractivity contribution in [3.8, 4) is 5.75 Å². The Hall–Kier alpha value is -1.50. The molecule has 7 heteroatoms. The second kappa shape index (κ2) is 6.98. The Balaban J connectivity index is 0.00000220. The van der Waals surface area contributed by atoms with Crippen LogP contribution in [0.15, 0.2) is 12.1 Å². The smallest absolute Gasteiger partial charge is 0.316 e. The first-order valence-electron chi connectivity index (χ1n) is 6.75. The van der Waals surface area contributed by atoms with Crippen molar-refractivity contribution in [2.45, 2.75) is 44.9 Å². The lowest BCUT2D eigenvalue weighted by Crippen LogP contribution is -2.42. The summed E-state index contributed by atoms with van der Waals surface area (Å²) in [6.07, 6.45) is 0.708. The summed E-state index contributed by atoms with van der Waals surface area (Å²) >= 11 is 0. The number of halogens is 1. The van der Waals surface area contributed by atoms with Crippen molar-refractivity contribution in [3.05, 3.63) is 23.3 Å². The van der Waals surface area contributed by atoms with Gasteiger partial charge in [-0.05, 0) is 30.0 Å². The number of carbonyl (C=O) groups is 1. The Morgan fingerprint density at radius 3 is 2.67 bits per heavy atom. The van der Waals surface area contributed by atoms with Gasteiger partial charge in [0, 0.05) is 12.1 Å². The first-order chi connectivity index (χ1) is 9.40. The van der Waals surface area contributed by atoms with Crippen LogP contribution >= 0.6 is 12.4 Å². The number of primary amides is 1. The number of nitrogens with two attached hydrogens (primary N) is 1. The number of aliphatic hydroxyl groups excluding tert-OH is 1. The number of hydrogen-bond donors (Lipinski definition) is 5.